The maximum absolute atomic E-state index is 12.6. The minimum absolute atomic E-state index is 0.179. The van der Waals surface area contributed by atoms with Crippen LogP contribution in [0.4, 0.5) is 8.78 Å². The lowest BCUT2D eigenvalue weighted by molar-refractivity contribution is -0.0503. The van der Waals surface area contributed by atoms with E-state index in [4.69, 9.17) is 4.74 Å². The fourth-order valence-corrected chi connectivity index (χ4v) is 3.60. The van der Waals surface area contributed by atoms with Crippen LogP contribution >= 0.6 is 11.8 Å². The molecule has 27 heavy (non-hydrogen) atoms. The number of hydrogen-bond acceptors (Lipinski definition) is 5. The van der Waals surface area contributed by atoms with Gasteiger partial charge in [-0.1, -0.05) is 30.0 Å². The lowest BCUT2D eigenvalue weighted by Gasteiger charge is -2.11. The van der Waals surface area contributed by atoms with Gasteiger partial charge in [0.15, 0.2) is 11.0 Å². The summed E-state index contributed by atoms with van der Waals surface area (Å²) in [7, 11) is 1.62. The number of halogens is 2. The fourth-order valence-electron chi connectivity index (χ4n) is 2.61. The normalized spacial score (nSPS) is 11.0. The summed E-state index contributed by atoms with van der Waals surface area (Å²) in [5, 5.41) is 9.28. The molecule has 8 heteroatoms. The summed E-state index contributed by atoms with van der Waals surface area (Å²) in [6.45, 7) is -0.155. The number of hydrogen-bond donors (Lipinski definition) is 0. The van der Waals surface area contributed by atoms with Crippen LogP contribution in [0.1, 0.15) is 12.5 Å². The average Bonchev–Trinajstić information content (AvgIpc) is 3.10. The van der Waals surface area contributed by atoms with Gasteiger partial charge in [0, 0.05) is 23.4 Å². The van der Waals surface area contributed by atoms with Crippen LogP contribution < -0.4 is 9.47 Å². The molecule has 0 bridgehead atoms. The molecule has 0 radical (unpaired) electrons. The Balaban J connectivity index is 1.79. The highest BCUT2D eigenvalue weighted by atomic mass is 32.2. The maximum atomic E-state index is 12.6. The molecule has 3 rings (SSSR count). The van der Waals surface area contributed by atoms with Crippen molar-refractivity contribution in [2.75, 3.05) is 7.11 Å². The predicted octanol–water partition coefficient (Wildman–Crippen LogP) is 4.87. The van der Waals surface area contributed by atoms with Crippen molar-refractivity contribution in [3.05, 3.63) is 54.1 Å². The molecule has 0 aliphatic rings. The van der Waals surface area contributed by atoms with Gasteiger partial charge in [-0.2, -0.15) is 8.78 Å². The Bertz CT molecular complexity index is 885. The molecule has 0 fully saturated rings. The summed E-state index contributed by atoms with van der Waals surface area (Å²) in [5.74, 6) is 2.15. The summed E-state index contributed by atoms with van der Waals surface area (Å²) < 4.78 is 36.9. The summed E-state index contributed by atoms with van der Waals surface area (Å²) in [6, 6.07) is 14.4. The lowest BCUT2D eigenvalue weighted by atomic mass is 10.2. The molecule has 0 aliphatic carbocycles. The average molecular weight is 391 g/mol. The van der Waals surface area contributed by atoms with E-state index in [0.717, 1.165) is 22.3 Å². The number of para-hydroxylation sites is 1. The summed E-state index contributed by atoms with van der Waals surface area (Å²) in [6.07, 6.45) is 0. The zero-order chi connectivity index (χ0) is 19.2. The zero-order valence-electron chi connectivity index (χ0n) is 14.9. The number of benzene rings is 2. The van der Waals surface area contributed by atoms with Gasteiger partial charge in [-0.3, -0.25) is 0 Å². The minimum atomic E-state index is -2.85. The zero-order valence-corrected chi connectivity index (χ0v) is 15.7. The van der Waals surface area contributed by atoms with Gasteiger partial charge >= 0.3 is 6.61 Å². The smallest absolute Gasteiger partial charge is 0.387 e. The van der Waals surface area contributed by atoms with Crippen molar-refractivity contribution in [2.45, 2.75) is 31.0 Å². The van der Waals surface area contributed by atoms with E-state index in [9.17, 15) is 8.78 Å². The Morgan fingerprint density at radius 3 is 2.48 bits per heavy atom. The lowest BCUT2D eigenvalue weighted by Crippen LogP contribution is -2.04. The molecule has 142 valence electrons. The van der Waals surface area contributed by atoms with Gasteiger partial charge in [0.05, 0.1) is 7.11 Å². The van der Waals surface area contributed by atoms with Crippen molar-refractivity contribution in [3.63, 3.8) is 0 Å². The molecule has 0 saturated heterocycles. The van der Waals surface area contributed by atoms with Crippen LogP contribution in [0.15, 0.2) is 53.7 Å². The number of aromatic nitrogens is 3. The molecule has 0 atom stereocenters. The molecule has 1 heterocycles. The molecule has 0 unspecified atom stereocenters. The Kier molecular flexibility index (Phi) is 6.28. The van der Waals surface area contributed by atoms with Gasteiger partial charge in [0.1, 0.15) is 11.5 Å². The monoisotopic (exact) mass is 391 g/mol. The number of methoxy groups -OCH3 is 1. The van der Waals surface area contributed by atoms with E-state index in [1.165, 1.54) is 17.8 Å². The number of thioether (sulfide) groups is 1. The van der Waals surface area contributed by atoms with Crippen molar-refractivity contribution in [1.82, 2.24) is 14.8 Å². The van der Waals surface area contributed by atoms with Crippen LogP contribution in [0.3, 0.4) is 0 Å². The SMILES string of the molecule is CCn1c(SCc2ccccc2OC(F)F)nnc1-c1ccc(OC)cc1. The van der Waals surface area contributed by atoms with Crippen LogP contribution in [-0.2, 0) is 12.3 Å². The Labute approximate surface area is 160 Å². The molecule has 2 aromatic carbocycles. The molecule has 0 N–H and O–H groups in total. The van der Waals surface area contributed by atoms with Crippen LogP contribution in [-0.4, -0.2) is 28.5 Å². The van der Waals surface area contributed by atoms with Crippen LogP contribution in [0, 0.1) is 0 Å². The molecular weight excluding hydrogens is 372 g/mol. The molecule has 0 aliphatic heterocycles. The topological polar surface area (TPSA) is 49.2 Å². The van der Waals surface area contributed by atoms with Crippen molar-refractivity contribution in [1.29, 1.82) is 0 Å². The largest absolute Gasteiger partial charge is 0.497 e. The molecule has 5 nitrogen and oxygen atoms in total. The highest BCUT2D eigenvalue weighted by Crippen LogP contribution is 2.30. The Morgan fingerprint density at radius 1 is 1.07 bits per heavy atom. The first-order valence-corrected chi connectivity index (χ1v) is 9.34. The van der Waals surface area contributed by atoms with Gasteiger partial charge in [-0.25, -0.2) is 0 Å². The van der Waals surface area contributed by atoms with Crippen LogP contribution in [0.25, 0.3) is 11.4 Å². The quantitative estimate of drug-likeness (QED) is 0.513. The van der Waals surface area contributed by atoms with Crippen molar-refractivity contribution < 1.29 is 18.3 Å². The van der Waals surface area contributed by atoms with E-state index < -0.39 is 6.61 Å². The second-order valence-electron chi connectivity index (χ2n) is 5.55. The van der Waals surface area contributed by atoms with Crippen molar-refractivity contribution in [2.24, 2.45) is 0 Å². The molecule has 0 amide bonds. The van der Waals surface area contributed by atoms with Gasteiger partial charge in [-0.05, 0) is 37.3 Å². The number of alkyl halides is 2. The first-order valence-electron chi connectivity index (χ1n) is 8.35. The molecule has 3 aromatic rings. The molecule has 1 aromatic heterocycles. The number of rotatable bonds is 8. The Hall–Kier alpha value is -2.61. The van der Waals surface area contributed by atoms with E-state index >= 15 is 0 Å². The van der Waals surface area contributed by atoms with E-state index in [0.29, 0.717) is 17.9 Å². The van der Waals surface area contributed by atoms with Gasteiger partial charge in [0.25, 0.3) is 0 Å². The highest BCUT2D eigenvalue weighted by Gasteiger charge is 2.15. The summed E-state index contributed by atoms with van der Waals surface area (Å²) >= 11 is 1.43. The van der Waals surface area contributed by atoms with Crippen LogP contribution in [0.2, 0.25) is 0 Å². The van der Waals surface area contributed by atoms with E-state index in [-0.39, 0.29) is 5.75 Å². The third kappa shape index (κ3) is 4.57. The van der Waals surface area contributed by atoms with Crippen molar-refractivity contribution >= 4 is 11.8 Å². The summed E-state index contributed by atoms with van der Waals surface area (Å²) in [4.78, 5) is 0. The second kappa shape index (κ2) is 8.85. The number of ether oxygens (including phenoxy) is 2. The van der Waals surface area contributed by atoms with Crippen molar-refractivity contribution in [3.8, 4) is 22.9 Å². The Morgan fingerprint density at radius 2 is 1.81 bits per heavy atom. The highest BCUT2D eigenvalue weighted by molar-refractivity contribution is 7.98. The minimum Gasteiger partial charge on any atom is -0.497 e. The molecule has 0 spiro atoms. The maximum Gasteiger partial charge on any atom is 0.387 e. The summed E-state index contributed by atoms with van der Waals surface area (Å²) in [5.41, 5.74) is 1.61. The third-order valence-electron chi connectivity index (χ3n) is 3.93. The predicted molar refractivity (Wildman–Crippen MR) is 100 cm³/mol. The molecule has 0 saturated carbocycles. The first-order chi connectivity index (χ1) is 13.1. The number of nitrogens with zero attached hydrogens (tertiary/aromatic N) is 3. The fraction of sp³-hybridized carbons (Fsp3) is 0.263. The standard InChI is InChI=1S/C19H19F2N3O2S/c1-3-24-17(13-8-10-15(25-2)11-9-13)22-23-19(24)27-12-14-6-4-5-7-16(14)26-18(20)21/h4-11,18H,3,12H2,1-2H3. The van der Waals surface area contributed by atoms with Gasteiger partial charge < -0.3 is 14.0 Å². The van der Waals surface area contributed by atoms with Crippen LogP contribution in [0.5, 0.6) is 11.5 Å². The van der Waals surface area contributed by atoms with Gasteiger partial charge in [-0.15, -0.1) is 10.2 Å². The third-order valence-corrected chi connectivity index (χ3v) is 4.94. The molecular formula is C19H19F2N3O2S. The van der Waals surface area contributed by atoms with E-state index in [1.54, 1.807) is 25.3 Å². The second-order valence-corrected chi connectivity index (χ2v) is 6.50. The van der Waals surface area contributed by atoms with Gasteiger partial charge in [0.2, 0.25) is 0 Å². The first kappa shape index (κ1) is 19.2. The van der Waals surface area contributed by atoms with E-state index in [2.05, 4.69) is 14.9 Å². The van der Waals surface area contributed by atoms with E-state index in [1.807, 2.05) is 35.8 Å².